The van der Waals surface area contributed by atoms with Crippen molar-refractivity contribution in [1.82, 2.24) is 0 Å². The number of carbonyl (C=O) groups is 2. The average molecular weight is 496 g/mol. The summed E-state index contributed by atoms with van der Waals surface area (Å²) in [7, 11) is 0. The summed E-state index contributed by atoms with van der Waals surface area (Å²) in [6.45, 7) is 0.193. The Morgan fingerprint density at radius 3 is 1.13 bits per heavy atom. The molecule has 0 aliphatic rings. The summed E-state index contributed by atoms with van der Waals surface area (Å²) >= 11 is 23.2. The number of nitrogens with two attached hydrogens (primary N) is 2. The second-order valence-corrected chi connectivity index (χ2v) is 8.25. The number of aliphatic carboxylic acids is 2. The molecule has 0 bridgehead atoms. The molecule has 0 radical (unpaired) electrons. The van der Waals surface area contributed by atoms with Crippen molar-refractivity contribution in [2.45, 2.75) is 12.8 Å². The van der Waals surface area contributed by atoms with Crippen LogP contribution in [0.1, 0.15) is 11.1 Å². The van der Waals surface area contributed by atoms with Gasteiger partial charge >= 0.3 is 11.9 Å². The van der Waals surface area contributed by atoms with Crippen LogP contribution in [0, 0.1) is 11.8 Å². The zero-order valence-electron chi connectivity index (χ0n) is 15.8. The summed E-state index contributed by atoms with van der Waals surface area (Å²) in [6.07, 6.45) is 0.679. The zero-order valence-corrected chi connectivity index (χ0v) is 18.8. The molecule has 6 nitrogen and oxygen atoms in total. The van der Waals surface area contributed by atoms with E-state index in [9.17, 15) is 9.59 Å². The van der Waals surface area contributed by atoms with Gasteiger partial charge in [0.05, 0.1) is 11.8 Å². The number of carboxylic acid groups (broad SMARTS) is 2. The van der Waals surface area contributed by atoms with Crippen molar-refractivity contribution in [3.8, 4) is 0 Å². The van der Waals surface area contributed by atoms with Crippen LogP contribution in [0.2, 0.25) is 20.1 Å². The number of halogens is 4. The molecular weight excluding hydrogens is 474 g/mol. The first-order valence-electron chi connectivity index (χ1n) is 8.81. The van der Waals surface area contributed by atoms with Crippen molar-refractivity contribution in [2.24, 2.45) is 23.3 Å². The largest absolute Gasteiger partial charge is 0.481 e. The first kappa shape index (κ1) is 26.5. The van der Waals surface area contributed by atoms with Crippen LogP contribution in [-0.2, 0) is 22.4 Å². The third-order valence-corrected chi connectivity index (χ3v) is 4.95. The van der Waals surface area contributed by atoms with E-state index in [0.29, 0.717) is 32.9 Å². The normalized spacial score (nSPS) is 12.5. The third kappa shape index (κ3) is 9.51. The predicted octanol–water partition coefficient (Wildman–Crippen LogP) is 4.39. The molecule has 164 valence electrons. The Labute approximate surface area is 194 Å². The maximum Gasteiger partial charge on any atom is 0.308 e. The van der Waals surface area contributed by atoms with E-state index in [1.54, 1.807) is 36.4 Å². The van der Waals surface area contributed by atoms with E-state index in [-0.39, 0.29) is 13.1 Å². The lowest BCUT2D eigenvalue weighted by molar-refractivity contribution is -0.142. The van der Waals surface area contributed by atoms with E-state index < -0.39 is 23.8 Å². The van der Waals surface area contributed by atoms with E-state index in [4.69, 9.17) is 68.1 Å². The lowest BCUT2D eigenvalue weighted by Crippen LogP contribution is -2.25. The predicted molar refractivity (Wildman–Crippen MR) is 121 cm³/mol. The first-order valence-corrected chi connectivity index (χ1v) is 10.3. The second kappa shape index (κ2) is 13.0. The molecule has 0 fully saturated rings. The zero-order chi connectivity index (χ0) is 22.8. The van der Waals surface area contributed by atoms with Gasteiger partial charge in [0.2, 0.25) is 0 Å². The summed E-state index contributed by atoms with van der Waals surface area (Å²) in [5.41, 5.74) is 12.3. The van der Waals surface area contributed by atoms with Crippen molar-refractivity contribution >= 4 is 58.3 Å². The lowest BCUT2D eigenvalue weighted by Gasteiger charge is -2.09. The molecule has 0 saturated heterocycles. The monoisotopic (exact) mass is 494 g/mol. The first-order chi connectivity index (χ1) is 14.0. The van der Waals surface area contributed by atoms with Crippen LogP contribution < -0.4 is 11.5 Å². The molecule has 2 rings (SSSR count). The quantitative estimate of drug-likeness (QED) is 0.430. The Kier molecular flexibility index (Phi) is 11.5. The fourth-order valence-electron chi connectivity index (χ4n) is 2.57. The van der Waals surface area contributed by atoms with Crippen LogP contribution in [-0.4, -0.2) is 35.2 Å². The van der Waals surface area contributed by atoms with E-state index in [1.807, 2.05) is 0 Å². The van der Waals surface area contributed by atoms with Crippen molar-refractivity contribution in [3.63, 3.8) is 0 Å². The summed E-state index contributed by atoms with van der Waals surface area (Å²) in [6, 6.07) is 9.98. The van der Waals surface area contributed by atoms with Gasteiger partial charge < -0.3 is 21.7 Å². The van der Waals surface area contributed by atoms with Gasteiger partial charge in [0, 0.05) is 33.2 Å². The van der Waals surface area contributed by atoms with Crippen LogP contribution >= 0.6 is 46.4 Å². The number of carboxylic acids is 2. The molecule has 2 atom stereocenters. The molecule has 0 aliphatic carbocycles. The molecule has 0 amide bonds. The number of benzene rings is 2. The molecule has 0 unspecified atom stereocenters. The van der Waals surface area contributed by atoms with Gasteiger partial charge in [-0.15, -0.1) is 0 Å². The second-order valence-electron chi connectivity index (χ2n) is 6.51. The van der Waals surface area contributed by atoms with Crippen molar-refractivity contribution < 1.29 is 19.8 Å². The van der Waals surface area contributed by atoms with Gasteiger partial charge in [0.25, 0.3) is 0 Å². The van der Waals surface area contributed by atoms with Crippen LogP contribution in [0.5, 0.6) is 0 Å². The molecule has 30 heavy (non-hydrogen) atoms. The van der Waals surface area contributed by atoms with E-state index in [2.05, 4.69) is 0 Å². The fourth-order valence-corrected chi connectivity index (χ4v) is 3.71. The minimum Gasteiger partial charge on any atom is -0.481 e. The molecule has 10 heteroatoms. The van der Waals surface area contributed by atoms with Crippen molar-refractivity contribution in [1.29, 1.82) is 0 Å². The highest BCUT2D eigenvalue weighted by Gasteiger charge is 2.17. The fraction of sp³-hybridized carbons (Fsp3) is 0.300. The maximum absolute atomic E-state index is 10.8. The molecule has 0 aromatic heterocycles. The summed E-state index contributed by atoms with van der Waals surface area (Å²) in [5, 5.41) is 19.6. The van der Waals surface area contributed by atoms with Crippen LogP contribution in [0.4, 0.5) is 0 Å². The summed E-state index contributed by atoms with van der Waals surface area (Å²) in [4.78, 5) is 21.5. The molecule has 0 heterocycles. The Bertz CT molecular complexity index is 768. The maximum atomic E-state index is 10.8. The van der Waals surface area contributed by atoms with Gasteiger partial charge in [-0.2, -0.15) is 0 Å². The van der Waals surface area contributed by atoms with Gasteiger partial charge in [0.15, 0.2) is 0 Å². The van der Waals surface area contributed by atoms with Crippen LogP contribution in [0.25, 0.3) is 0 Å². The highest BCUT2D eigenvalue weighted by atomic mass is 35.5. The number of hydrogen-bond acceptors (Lipinski definition) is 4. The molecule has 2 aromatic carbocycles. The summed E-state index contributed by atoms with van der Waals surface area (Å²) in [5.74, 6) is -3.01. The highest BCUT2D eigenvalue weighted by Crippen LogP contribution is 2.22. The average Bonchev–Trinajstić information content (AvgIpc) is 2.62. The smallest absolute Gasteiger partial charge is 0.308 e. The summed E-state index contributed by atoms with van der Waals surface area (Å²) < 4.78 is 0. The minimum atomic E-state index is -0.909. The van der Waals surface area contributed by atoms with E-state index in [0.717, 1.165) is 11.1 Å². The van der Waals surface area contributed by atoms with Crippen molar-refractivity contribution in [2.75, 3.05) is 13.1 Å². The minimum absolute atomic E-state index is 0.0967. The van der Waals surface area contributed by atoms with E-state index >= 15 is 0 Å². The SMILES string of the molecule is NC[C@H](Cc1cc(Cl)cc(Cl)c1)C(=O)O.NC[C@H](Cc1cc(Cl)cc(Cl)c1)C(=O)O. The van der Waals surface area contributed by atoms with Crippen LogP contribution in [0.3, 0.4) is 0 Å². The van der Waals surface area contributed by atoms with Gasteiger partial charge in [-0.1, -0.05) is 46.4 Å². The highest BCUT2D eigenvalue weighted by molar-refractivity contribution is 6.35. The van der Waals surface area contributed by atoms with E-state index in [1.165, 1.54) is 0 Å². The Morgan fingerprint density at radius 1 is 0.667 bits per heavy atom. The van der Waals surface area contributed by atoms with Crippen molar-refractivity contribution in [3.05, 3.63) is 67.6 Å². The Hall–Kier alpha value is -1.54. The van der Waals surface area contributed by atoms with Gasteiger partial charge in [-0.3, -0.25) is 9.59 Å². The van der Waals surface area contributed by atoms with Gasteiger partial charge in [-0.25, -0.2) is 0 Å². The Balaban J connectivity index is 0.000000300. The number of hydrogen-bond donors (Lipinski definition) is 4. The topological polar surface area (TPSA) is 127 Å². The molecule has 2 aromatic rings. The van der Waals surface area contributed by atoms with Crippen LogP contribution in [0.15, 0.2) is 36.4 Å². The molecular formula is C20H22Cl4N2O4. The number of rotatable bonds is 8. The Morgan fingerprint density at radius 2 is 0.933 bits per heavy atom. The lowest BCUT2D eigenvalue weighted by atomic mass is 10.00. The standard InChI is InChI=1S/2C10H11Cl2NO2/c2*11-8-2-6(3-9(12)4-8)1-7(5-13)10(14)15/h2*2-4,7H,1,5,13H2,(H,14,15)/t2*7-/m00/s1. The molecule has 0 saturated carbocycles. The van der Waals surface area contributed by atoms with Gasteiger partial charge in [-0.05, 0) is 60.4 Å². The molecule has 0 spiro atoms. The third-order valence-electron chi connectivity index (χ3n) is 4.08. The van der Waals surface area contributed by atoms with Gasteiger partial charge in [0.1, 0.15) is 0 Å². The molecule has 6 N–H and O–H groups in total. The molecule has 0 aliphatic heterocycles.